The Labute approximate surface area is 105 Å². The molecule has 0 saturated heterocycles. The van der Waals surface area contributed by atoms with Gasteiger partial charge in [-0.3, -0.25) is 0 Å². The number of esters is 1. The lowest BCUT2D eigenvalue weighted by Gasteiger charge is -2.04. The number of ether oxygens (including phenoxy) is 1. The zero-order chi connectivity index (χ0) is 13.2. The van der Waals surface area contributed by atoms with Gasteiger partial charge in [0.25, 0.3) is 5.09 Å². The number of carbonyl (C=O) groups excluding carboxylic acids is 1. The second-order valence-corrected chi connectivity index (χ2v) is 3.62. The molecule has 0 aliphatic rings. The van der Waals surface area contributed by atoms with Gasteiger partial charge in [-0.2, -0.15) is 0 Å². The molecule has 0 radical (unpaired) electrons. The normalized spacial score (nSPS) is 9.78. The van der Waals surface area contributed by atoms with Crippen LogP contribution in [-0.2, 0) is 9.57 Å². The van der Waals surface area contributed by atoms with Gasteiger partial charge in [-0.25, -0.2) is 4.79 Å². The van der Waals surface area contributed by atoms with E-state index in [1.165, 1.54) is 0 Å². The Morgan fingerprint density at radius 1 is 1.11 bits per heavy atom. The largest absolute Gasteiger partial charge is 0.462 e. The number of hydrogen-bond donors (Lipinski definition) is 0. The van der Waals surface area contributed by atoms with Crippen LogP contribution in [0.3, 0.4) is 0 Å². The van der Waals surface area contributed by atoms with E-state index < -0.39 is 5.09 Å². The Hall–Kier alpha value is -2.11. The summed E-state index contributed by atoms with van der Waals surface area (Å²) in [7, 11) is 0. The van der Waals surface area contributed by atoms with Crippen LogP contribution in [0, 0.1) is 10.1 Å². The van der Waals surface area contributed by atoms with E-state index in [0.29, 0.717) is 25.0 Å². The molecule has 0 spiro atoms. The van der Waals surface area contributed by atoms with Crippen LogP contribution in [0.25, 0.3) is 0 Å². The molecule has 0 heterocycles. The van der Waals surface area contributed by atoms with E-state index in [4.69, 9.17) is 4.74 Å². The standard InChI is InChI=1S/C12H15NO5/c14-12(11-7-3-1-4-8-11)17-9-5-2-6-10-18-13(15)16/h1,3-4,7-8H,2,5-6,9-10H2. The Balaban J connectivity index is 2.05. The van der Waals surface area contributed by atoms with E-state index in [9.17, 15) is 14.9 Å². The summed E-state index contributed by atoms with van der Waals surface area (Å²) in [5.41, 5.74) is 0.522. The molecule has 0 aliphatic heterocycles. The number of nitrogens with zero attached hydrogens (tertiary/aromatic N) is 1. The van der Waals surface area contributed by atoms with Crippen LogP contribution in [0.15, 0.2) is 30.3 Å². The Morgan fingerprint density at radius 3 is 2.44 bits per heavy atom. The first-order valence-electron chi connectivity index (χ1n) is 5.69. The minimum atomic E-state index is -0.810. The van der Waals surface area contributed by atoms with Gasteiger partial charge in [0.05, 0.1) is 18.8 Å². The van der Waals surface area contributed by atoms with Gasteiger partial charge in [0.1, 0.15) is 0 Å². The van der Waals surface area contributed by atoms with Crippen molar-refractivity contribution in [1.82, 2.24) is 0 Å². The van der Waals surface area contributed by atoms with Crippen LogP contribution in [0.1, 0.15) is 29.6 Å². The molecule has 1 rings (SSSR count). The van der Waals surface area contributed by atoms with Crippen molar-refractivity contribution in [3.05, 3.63) is 46.0 Å². The Bertz CT molecular complexity index is 379. The summed E-state index contributed by atoms with van der Waals surface area (Å²) in [5.74, 6) is -0.350. The fourth-order valence-corrected chi connectivity index (χ4v) is 1.34. The highest BCUT2D eigenvalue weighted by Crippen LogP contribution is 2.03. The van der Waals surface area contributed by atoms with Gasteiger partial charge in [-0.15, -0.1) is 10.1 Å². The summed E-state index contributed by atoms with van der Waals surface area (Å²) >= 11 is 0. The monoisotopic (exact) mass is 253 g/mol. The Morgan fingerprint density at radius 2 is 1.78 bits per heavy atom. The summed E-state index contributed by atoms with van der Waals surface area (Å²) in [6.07, 6.45) is 1.96. The van der Waals surface area contributed by atoms with Crippen LogP contribution in [0.2, 0.25) is 0 Å². The average molecular weight is 253 g/mol. The zero-order valence-corrected chi connectivity index (χ0v) is 9.91. The summed E-state index contributed by atoms with van der Waals surface area (Å²) in [5, 5.41) is 9.04. The highest BCUT2D eigenvalue weighted by Gasteiger charge is 2.04. The third-order valence-corrected chi connectivity index (χ3v) is 2.23. The molecule has 1 aromatic carbocycles. The van der Waals surface area contributed by atoms with Crippen LogP contribution >= 0.6 is 0 Å². The van der Waals surface area contributed by atoms with Crippen LogP contribution in [0.5, 0.6) is 0 Å². The molecule has 6 heteroatoms. The van der Waals surface area contributed by atoms with Crippen LogP contribution < -0.4 is 0 Å². The quantitative estimate of drug-likeness (QED) is 0.307. The minimum Gasteiger partial charge on any atom is -0.462 e. The summed E-state index contributed by atoms with van der Waals surface area (Å²) in [6, 6.07) is 8.74. The molecule has 0 bridgehead atoms. The van der Waals surface area contributed by atoms with Crippen LogP contribution in [-0.4, -0.2) is 24.3 Å². The molecule has 0 saturated carbocycles. The molecule has 0 amide bonds. The zero-order valence-electron chi connectivity index (χ0n) is 9.91. The van der Waals surface area contributed by atoms with E-state index in [1.807, 2.05) is 6.07 Å². The SMILES string of the molecule is O=C(OCCCCCO[N+](=O)[O-])c1ccccc1. The van der Waals surface area contributed by atoms with E-state index in [1.54, 1.807) is 24.3 Å². The fourth-order valence-electron chi connectivity index (χ4n) is 1.34. The molecule has 6 nitrogen and oxygen atoms in total. The first kappa shape index (κ1) is 14.0. The highest BCUT2D eigenvalue weighted by molar-refractivity contribution is 5.89. The predicted molar refractivity (Wildman–Crippen MR) is 63.5 cm³/mol. The molecule has 0 fully saturated rings. The summed E-state index contributed by atoms with van der Waals surface area (Å²) in [4.78, 5) is 25.5. The van der Waals surface area contributed by atoms with Crippen molar-refractivity contribution in [3.63, 3.8) is 0 Å². The number of carbonyl (C=O) groups is 1. The van der Waals surface area contributed by atoms with E-state index in [0.717, 1.165) is 6.42 Å². The third-order valence-electron chi connectivity index (χ3n) is 2.23. The van der Waals surface area contributed by atoms with Crippen molar-refractivity contribution in [3.8, 4) is 0 Å². The molecule has 18 heavy (non-hydrogen) atoms. The van der Waals surface area contributed by atoms with Crippen molar-refractivity contribution in [2.75, 3.05) is 13.2 Å². The number of benzene rings is 1. The van der Waals surface area contributed by atoms with E-state index >= 15 is 0 Å². The van der Waals surface area contributed by atoms with Gasteiger partial charge in [0, 0.05) is 0 Å². The summed E-state index contributed by atoms with van der Waals surface area (Å²) < 4.78 is 5.04. The lowest BCUT2D eigenvalue weighted by molar-refractivity contribution is -0.757. The first-order chi connectivity index (χ1) is 8.70. The maximum Gasteiger partial charge on any atom is 0.338 e. The molecule has 0 aliphatic carbocycles. The molecule has 0 unspecified atom stereocenters. The summed E-state index contributed by atoms with van der Waals surface area (Å²) in [6.45, 7) is 0.395. The second-order valence-electron chi connectivity index (χ2n) is 3.62. The maximum absolute atomic E-state index is 11.5. The average Bonchev–Trinajstić information content (AvgIpc) is 2.38. The van der Waals surface area contributed by atoms with Gasteiger partial charge < -0.3 is 9.57 Å². The maximum atomic E-state index is 11.5. The van der Waals surface area contributed by atoms with Crippen molar-refractivity contribution >= 4 is 5.97 Å². The van der Waals surface area contributed by atoms with Crippen molar-refractivity contribution in [2.45, 2.75) is 19.3 Å². The van der Waals surface area contributed by atoms with Crippen molar-refractivity contribution in [2.24, 2.45) is 0 Å². The van der Waals surface area contributed by atoms with Gasteiger partial charge in [-0.05, 0) is 31.4 Å². The lowest BCUT2D eigenvalue weighted by atomic mass is 10.2. The molecule has 0 atom stereocenters. The van der Waals surface area contributed by atoms with Gasteiger partial charge in [-0.1, -0.05) is 18.2 Å². The number of hydrogen-bond acceptors (Lipinski definition) is 5. The molecule has 0 N–H and O–H groups in total. The second kappa shape index (κ2) is 8.05. The topological polar surface area (TPSA) is 78.7 Å². The minimum absolute atomic E-state index is 0.0830. The van der Waals surface area contributed by atoms with Crippen LogP contribution in [0.4, 0.5) is 0 Å². The fraction of sp³-hybridized carbons (Fsp3) is 0.417. The highest BCUT2D eigenvalue weighted by atomic mass is 16.9. The van der Waals surface area contributed by atoms with Gasteiger partial charge in [0.15, 0.2) is 0 Å². The molecule has 0 aromatic heterocycles. The Kier molecular flexibility index (Phi) is 6.24. The van der Waals surface area contributed by atoms with Gasteiger partial charge in [0.2, 0.25) is 0 Å². The van der Waals surface area contributed by atoms with Crippen molar-refractivity contribution in [1.29, 1.82) is 0 Å². The predicted octanol–water partition coefficient (Wildman–Crippen LogP) is 2.22. The van der Waals surface area contributed by atoms with E-state index in [-0.39, 0.29) is 12.6 Å². The van der Waals surface area contributed by atoms with Gasteiger partial charge >= 0.3 is 5.97 Å². The smallest absolute Gasteiger partial charge is 0.338 e. The van der Waals surface area contributed by atoms with E-state index in [2.05, 4.69) is 4.84 Å². The molecular formula is C12H15NO5. The lowest BCUT2D eigenvalue weighted by Crippen LogP contribution is -2.07. The van der Waals surface area contributed by atoms with Crippen molar-refractivity contribution < 1.29 is 19.5 Å². The molecule has 1 aromatic rings. The third kappa shape index (κ3) is 5.83. The number of unbranched alkanes of at least 4 members (excludes halogenated alkanes) is 2. The first-order valence-corrected chi connectivity index (χ1v) is 5.69. The molecule has 98 valence electrons. The molecular weight excluding hydrogens is 238 g/mol. The number of rotatable bonds is 8.